The van der Waals surface area contributed by atoms with E-state index in [2.05, 4.69) is 34.1 Å². The van der Waals surface area contributed by atoms with Crippen LogP contribution >= 0.6 is 0 Å². The predicted octanol–water partition coefficient (Wildman–Crippen LogP) is 3.85. The first kappa shape index (κ1) is 21.0. The number of halogens is 2. The molecular formula is C23H30F2N4O. The van der Waals surface area contributed by atoms with Gasteiger partial charge < -0.3 is 15.1 Å². The number of carbonyl (C=O) groups is 1. The number of amides is 1. The predicted molar refractivity (Wildman–Crippen MR) is 115 cm³/mol. The molecule has 5 nitrogen and oxygen atoms in total. The summed E-state index contributed by atoms with van der Waals surface area (Å²) in [6.45, 7) is 5.72. The molecule has 0 saturated carbocycles. The summed E-state index contributed by atoms with van der Waals surface area (Å²) in [6, 6.07) is 6.96. The molecule has 0 bridgehead atoms. The highest BCUT2D eigenvalue weighted by atomic mass is 19.3. The summed E-state index contributed by atoms with van der Waals surface area (Å²) >= 11 is 0. The molecule has 2 aliphatic heterocycles. The van der Waals surface area contributed by atoms with Crippen molar-refractivity contribution in [2.45, 2.75) is 38.7 Å². The number of fused-ring (bicyclic) bond motifs is 1. The lowest BCUT2D eigenvalue weighted by Crippen LogP contribution is -2.50. The number of nitrogens with one attached hydrogen (secondary N) is 1. The normalized spacial score (nSPS) is 25.2. The van der Waals surface area contributed by atoms with Crippen molar-refractivity contribution in [1.29, 1.82) is 0 Å². The summed E-state index contributed by atoms with van der Waals surface area (Å²) in [5, 5.41) is 3.97. The van der Waals surface area contributed by atoms with E-state index in [0.717, 1.165) is 43.5 Å². The van der Waals surface area contributed by atoms with Crippen LogP contribution in [0, 0.1) is 11.8 Å². The average Bonchev–Trinajstić information content (AvgIpc) is 3.10. The molecule has 0 spiro atoms. The molecule has 30 heavy (non-hydrogen) atoms. The van der Waals surface area contributed by atoms with E-state index in [1.807, 2.05) is 6.07 Å². The third kappa shape index (κ3) is 4.56. The maximum Gasteiger partial charge on any atom is 0.265 e. The van der Waals surface area contributed by atoms with Gasteiger partial charge in [0.1, 0.15) is 0 Å². The van der Waals surface area contributed by atoms with Crippen LogP contribution in [0.1, 0.15) is 38.2 Å². The maximum absolute atomic E-state index is 13.4. The Kier molecular flexibility index (Phi) is 6.18. The van der Waals surface area contributed by atoms with Gasteiger partial charge in [-0.3, -0.25) is 9.78 Å². The first-order chi connectivity index (χ1) is 14.4. The summed E-state index contributed by atoms with van der Waals surface area (Å²) in [5.41, 5.74) is 1.23. The highest BCUT2D eigenvalue weighted by Crippen LogP contribution is 2.34. The first-order valence-electron chi connectivity index (χ1n) is 10.8. The Hall–Kier alpha value is -2.28. The van der Waals surface area contributed by atoms with Gasteiger partial charge in [-0.1, -0.05) is 6.92 Å². The average molecular weight is 417 g/mol. The number of anilines is 1. The molecule has 1 amide bonds. The van der Waals surface area contributed by atoms with Crippen LogP contribution < -0.4 is 10.2 Å². The van der Waals surface area contributed by atoms with Gasteiger partial charge in [-0.05, 0) is 62.5 Å². The summed E-state index contributed by atoms with van der Waals surface area (Å²) < 4.78 is 26.9. The third-order valence-corrected chi connectivity index (χ3v) is 6.34. The number of hydrogen-bond donors (Lipinski definition) is 1. The highest BCUT2D eigenvalue weighted by molar-refractivity contribution is 5.94. The second-order valence-electron chi connectivity index (χ2n) is 9.01. The standard InChI is InChI=1S/C23H30F2N4O/c1-15-10-17(27-21(30)11-16-7-9-28(2)13-16)14-29(12-15)20-6-5-19(23(24)25)22-18(20)4-3-8-26-22/h3-6,8,15-17,23H,7,9-14H2,1-2H3,(H,27,30). The SMILES string of the molecule is CC1CC(NC(=O)CC2CCN(C)C2)CN(c2ccc(C(F)F)c3ncccc23)C1. The number of piperidine rings is 1. The minimum atomic E-state index is -2.56. The Morgan fingerprint density at radius 1 is 1.27 bits per heavy atom. The number of pyridine rings is 1. The van der Waals surface area contributed by atoms with Crippen LogP contribution in [0.15, 0.2) is 30.5 Å². The molecule has 3 heterocycles. The van der Waals surface area contributed by atoms with Crippen LogP contribution in [-0.4, -0.2) is 55.1 Å². The lowest BCUT2D eigenvalue weighted by Gasteiger charge is -2.39. The number of carbonyl (C=O) groups excluding carboxylic acids is 1. The molecule has 2 fully saturated rings. The van der Waals surface area contributed by atoms with Crippen molar-refractivity contribution in [3.63, 3.8) is 0 Å². The molecule has 2 aromatic rings. The topological polar surface area (TPSA) is 48.5 Å². The monoisotopic (exact) mass is 416 g/mol. The number of nitrogens with zero attached hydrogens (tertiary/aromatic N) is 3. The van der Waals surface area contributed by atoms with Gasteiger partial charge in [0, 0.05) is 54.9 Å². The van der Waals surface area contributed by atoms with Gasteiger partial charge in [-0.25, -0.2) is 8.78 Å². The van der Waals surface area contributed by atoms with Gasteiger partial charge in [0.05, 0.1) is 5.52 Å². The second kappa shape index (κ2) is 8.84. The number of rotatable bonds is 5. The van der Waals surface area contributed by atoms with Gasteiger partial charge in [0.2, 0.25) is 5.91 Å². The van der Waals surface area contributed by atoms with Crippen molar-refractivity contribution < 1.29 is 13.6 Å². The molecule has 1 aromatic carbocycles. The summed E-state index contributed by atoms with van der Waals surface area (Å²) in [6.07, 6.45) is 1.58. The lowest BCUT2D eigenvalue weighted by atomic mass is 9.94. The van der Waals surface area contributed by atoms with E-state index >= 15 is 0 Å². The van der Waals surface area contributed by atoms with Crippen LogP contribution in [0.5, 0.6) is 0 Å². The van der Waals surface area contributed by atoms with Crippen molar-refractivity contribution in [3.05, 3.63) is 36.0 Å². The summed E-state index contributed by atoms with van der Waals surface area (Å²) in [5.74, 6) is 0.945. The van der Waals surface area contributed by atoms with Gasteiger partial charge in [0.25, 0.3) is 6.43 Å². The zero-order valence-corrected chi connectivity index (χ0v) is 17.7. The molecule has 7 heteroatoms. The Balaban J connectivity index is 1.50. The van der Waals surface area contributed by atoms with Crippen LogP contribution in [0.2, 0.25) is 0 Å². The fourth-order valence-electron chi connectivity index (χ4n) is 5.03. The second-order valence-corrected chi connectivity index (χ2v) is 9.01. The Morgan fingerprint density at radius 2 is 2.10 bits per heavy atom. The van der Waals surface area contributed by atoms with Gasteiger partial charge in [0.15, 0.2) is 0 Å². The molecule has 162 valence electrons. The van der Waals surface area contributed by atoms with Crippen molar-refractivity contribution in [1.82, 2.24) is 15.2 Å². The van der Waals surface area contributed by atoms with Crippen molar-refractivity contribution in [2.75, 3.05) is 38.1 Å². The van der Waals surface area contributed by atoms with Crippen molar-refractivity contribution >= 4 is 22.5 Å². The number of alkyl halides is 2. The van der Waals surface area contributed by atoms with E-state index in [-0.39, 0.29) is 17.5 Å². The van der Waals surface area contributed by atoms with Crippen LogP contribution in [0.25, 0.3) is 10.9 Å². The minimum Gasteiger partial charge on any atom is -0.369 e. The molecular weight excluding hydrogens is 386 g/mol. The quantitative estimate of drug-likeness (QED) is 0.805. The number of benzene rings is 1. The van der Waals surface area contributed by atoms with E-state index in [1.54, 1.807) is 18.3 Å². The molecule has 0 aliphatic carbocycles. The molecule has 4 rings (SSSR count). The molecule has 2 saturated heterocycles. The molecule has 0 radical (unpaired) electrons. The Morgan fingerprint density at radius 3 is 2.83 bits per heavy atom. The fraction of sp³-hybridized carbons (Fsp3) is 0.565. The van der Waals surface area contributed by atoms with Crippen molar-refractivity contribution in [2.24, 2.45) is 11.8 Å². The number of likely N-dealkylation sites (tertiary alicyclic amines) is 1. The number of hydrogen-bond acceptors (Lipinski definition) is 4. The lowest BCUT2D eigenvalue weighted by molar-refractivity contribution is -0.122. The molecule has 3 unspecified atom stereocenters. The smallest absolute Gasteiger partial charge is 0.265 e. The molecule has 1 N–H and O–H groups in total. The van der Waals surface area contributed by atoms with E-state index < -0.39 is 6.43 Å². The highest BCUT2D eigenvalue weighted by Gasteiger charge is 2.29. The van der Waals surface area contributed by atoms with Gasteiger partial charge >= 0.3 is 0 Å². The zero-order chi connectivity index (χ0) is 21.3. The van der Waals surface area contributed by atoms with E-state index in [9.17, 15) is 13.6 Å². The summed E-state index contributed by atoms with van der Waals surface area (Å²) in [4.78, 5) is 21.3. The van der Waals surface area contributed by atoms with Crippen LogP contribution in [0.3, 0.4) is 0 Å². The fourth-order valence-corrected chi connectivity index (χ4v) is 5.03. The Labute approximate surface area is 176 Å². The minimum absolute atomic E-state index is 0.0363. The van der Waals surface area contributed by atoms with Crippen molar-refractivity contribution in [3.8, 4) is 0 Å². The Bertz CT molecular complexity index is 906. The summed E-state index contributed by atoms with van der Waals surface area (Å²) in [7, 11) is 2.09. The van der Waals surface area contributed by atoms with Crippen LogP contribution in [0.4, 0.5) is 14.5 Å². The molecule has 3 atom stereocenters. The maximum atomic E-state index is 13.4. The third-order valence-electron chi connectivity index (χ3n) is 6.34. The molecule has 1 aromatic heterocycles. The van der Waals surface area contributed by atoms with Gasteiger partial charge in [-0.2, -0.15) is 0 Å². The zero-order valence-electron chi connectivity index (χ0n) is 17.7. The molecule has 2 aliphatic rings. The van der Waals surface area contributed by atoms with Crippen LogP contribution in [-0.2, 0) is 4.79 Å². The van der Waals surface area contributed by atoms with E-state index in [0.29, 0.717) is 30.3 Å². The van der Waals surface area contributed by atoms with E-state index in [4.69, 9.17) is 0 Å². The number of aromatic nitrogens is 1. The largest absolute Gasteiger partial charge is 0.369 e. The van der Waals surface area contributed by atoms with E-state index in [1.165, 1.54) is 6.07 Å². The van der Waals surface area contributed by atoms with Gasteiger partial charge in [-0.15, -0.1) is 0 Å². The first-order valence-corrected chi connectivity index (χ1v) is 10.8.